The zero-order valence-corrected chi connectivity index (χ0v) is 12.7. The molecule has 0 spiro atoms. The summed E-state index contributed by atoms with van der Waals surface area (Å²) in [5.74, 6) is -0.449. The maximum Gasteiger partial charge on any atom is 0.341 e. The van der Waals surface area contributed by atoms with Crippen molar-refractivity contribution < 1.29 is 19.7 Å². The SMILES string of the molecule is O=C(OCC1CCCN2CCCCC12)c1ccc(O)cc1O. The van der Waals surface area contributed by atoms with Gasteiger partial charge < -0.3 is 14.9 Å². The standard InChI is InChI=1S/C17H23NO4/c19-13-6-7-14(16(20)10-13)17(21)22-11-12-4-3-9-18-8-2-1-5-15(12)18/h6-7,10,12,15,19-20H,1-5,8-9,11H2. The lowest BCUT2D eigenvalue weighted by Gasteiger charge is -2.44. The molecule has 0 radical (unpaired) electrons. The number of piperidine rings is 2. The second-order valence-electron chi connectivity index (χ2n) is 6.30. The predicted molar refractivity (Wildman–Crippen MR) is 82.0 cm³/mol. The predicted octanol–water partition coefficient (Wildman–Crippen LogP) is 2.52. The van der Waals surface area contributed by atoms with Gasteiger partial charge in [0.15, 0.2) is 0 Å². The minimum Gasteiger partial charge on any atom is -0.508 e. The Kier molecular flexibility index (Phi) is 4.52. The highest BCUT2D eigenvalue weighted by Crippen LogP contribution is 2.31. The normalized spacial score (nSPS) is 25.5. The van der Waals surface area contributed by atoms with Crippen LogP contribution in [0.3, 0.4) is 0 Å². The van der Waals surface area contributed by atoms with E-state index >= 15 is 0 Å². The molecule has 1 aromatic rings. The molecular formula is C17H23NO4. The molecule has 2 heterocycles. The number of rotatable bonds is 3. The van der Waals surface area contributed by atoms with Crippen molar-refractivity contribution in [1.82, 2.24) is 4.90 Å². The van der Waals surface area contributed by atoms with Crippen LogP contribution in [-0.2, 0) is 4.74 Å². The maximum atomic E-state index is 12.1. The van der Waals surface area contributed by atoms with Gasteiger partial charge in [0.1, 0.15) is 17.1 Å². The third kappa shape index (κ3) is 3.19. The molecule has 2 aliphatic rings. The molecule has 2 saturated heterocycles. The second kappa shape index (κ2) is 6.57. The Morgan fingerprint density at radius 3 is 2.82 bits per heavy atom. The molecule has 0 saturated carbocycles. The fourth-order valence-corrected chi connectivity index (χ4v) is 3.72. The first-order chi connectivity index (χ1) is 10.6. The monoisotopic (exact) mass is 305 g/mol. The fourth-order valence-electron chi connectivity index (χ4n) is 3.72. The van der Waals surface area contributed by atoms with Crippen molar-refractivity contribution in [3.8, 4) is 11.5 Å². The van der Waals surface area contributed by atoms with Crippen molar-refractivity contribution in [2.24, 2.45) is 5.92 Å². The van der Waals surface area contributed by atoms with Gasteiger partial charge in [-0.2, -0.15) is 0 Å². The highest BCUT2D eigenvalue weighted by atomic mass is 16.5. The van der Waals surface area contributed by atoms with Gasteiger partial charge in [-0.15, -0.1) is 0 Å². The van der Waals surface area contributed by atoms with E-state index in [2.05, 4.69) is 4.90 Å². The summed E-state index contributed by atoms with van der Waals surface area (Å²) >= 11 is 0. The summed E-state index contributed by atoms with van der Waals surface area (Å²) in [6.45, 7) is 2.72. The van der Waals surface area contributed by atoms with Crippen LogP contribution in [0.15, 0.2) is 18.2 Å². The molecule has 5 heteroatoms. The van der Waals surface area contributed by atoms with Gasteiger partial charge in [-0.05, 0) is 50.9 Å². The van der Waals surface area contributed by atoms with E-state index in [1.54, 1.807) is 0 Å². The first kappa shape index (κ1) is 15.2. The number of fused-ring (bicyclic) bond motifs is 1. The van der Waals surface area contributed by atoms with Crippen LogP contribution in [0.1, 0.15) is 42.5 Å². The number of esters is 1. The number of aromatic hydroxyl groups is 2. The minimum absolute atomic E-state index is 0.0702. The first-order valence-corrected chi connectivity index (χ1v) is 8.08. The average molecular weight is 305 g/mol. The molecule has 0 aromatic heterocycles. The minimum atomic E-state index is -0.523. The Balaban J connectivity index is 1.60. The Bertz CT molecular complexity index is 543. The van der Waals surface area contributed by atoms with Crippen LogP contribution in [0.2, 0.25) is 0 Å². The molecule has 2 atom stereocenters. The lowest BCUT2D eigenvalue weighted by atomic mass is 9.84. The summed E-state index contributed by atoms with van der Waals surface area (Å²) < 4.78 is 5.43. The zero-order valence-electron chi connectivity index (χ0n) is 12.7. The van der Waals surface area contributed by atoms with Gasteiger partial charge in [0.2, 0.25) is 0 Å². The van der Waals surface area contributed by atoms with Gasteiger partial charge in [-0.3, -0.25) is 4.90 Å². The maximum absolute atomic E-state index is 12.1. The summed E-state index contributed by atoms with van der Waals surface area (Å²) in [4.78, 5) is 14.6. The summed E-state index contributed by atoms with van der Waals surface area (Å²) in [6.07, 6.45) is 5.96. The van der Waals surface area contributed by atoms with Gasteiger partial charge in [0.25, 0.3) is 0 Å². The Labute approximate surface area is 130 Å². The second-order valence-corrected chi connectivity index (χ2v) is 6.30. The molecule has 2 unspecified atom stereocenters. The number of phenols is 2. The van der Waals surface area contributed by atoms with E-state index in [-0.39, 0.29) is 17.1 Å². The molecule has 0 amide bonds. The number of phenolic OH excluding ortho intramolecular Hbond substituents is 2. The summed E-state index contributed by atoms with van der Waals surface area (Å²) in [7, 11) is 0. The smallest absolute Gasteiger partial charge is 0.341 e. The molecule has 0 bridgehead atoms. The third-order valence-corrected chi connectivity index (χ3v) is 4.86. The number of hydrogen-bond acceptors (Lipinski definition) is 5. The Morgan fingerprint density at radius 1 is 1.18 bits per heavy atom. The number of nitrogens with zero attached hydrogens (tertiary/aromatic N) is 1. The van der Waals surface area contributed by atoms with Crippen LogP contribution < -0.4 is 0 Å². The molecular weight excluding hydrogens is 282 g/mol. The largest absolute Gasteiger partial charge is 0.508 e. The molecule has 22 heavy (non-hydrogen) atoms. The molecule has 5 nitrogen and oxygen atoms in total. The van der Waals surface area contributed by atoms with Crippen molar-refractivity contribution in [3.63, 3.8) is 0 Å². The van der Waals surface area contributed by atoms with Crippen LogP contribution in [0.4, 0.5) is 0 Å². The molecule has 2 N–H and O–H groups in total. The number of carbonyl (C=O) groups excluding carboxylic acids is 1. The van der Waals surface area contributed by atoms with Gasteiger partial charge in [0, 0.05) is 18.0 Å². The van der Waals surface area contributed by atoms with E-state index in [4.69, 9.17) is 4.74 Å². The lowest BCUT2D eigenvalue weighted by molar-refractivity contribution is 0.00723. The van der Waals surface area contributed by atoms with E-state index in [1.165, 1.54) is 31.4 Å². The number of carbonyl (C=O) groups is 1. The first-order valence-electron chi connectivity index (χ1n) is 8.08. The van der Waals surface area contributed by atoms with Gasteiger partial charge in [-0.25, -0.2) is 4.79 Å². The van der Waals surface area contributed by atoms with Crippen molar-refractivity contribution in [2.45, 2.75) is 38.1 Å². The quantitative estimate of drug-likeness (QED) is 0.840. The van der Waals surface area contributed by atoms with E-state index in [0.29, 0.717) is 18.6 Å². The van der Waals surface area contributed by atoms with Crippen molar-refractivity contribution in [1.29, 1.82) is 0 Å². The zero-order chi connectivity index (χ0) is 15.5. The van der Waals surface area contributed by atoms with Gasteiger partial charge in [0.05, 0.1) is 6.61 Å². The van der Waals surface area contributed by atoms with Gasteiger partial charge in [-0.1, -0.05) is 6.42 Å². The summed E-state index contributed by atoms with van der Waals surface area (Å²) in [6, 6.07) is 4.45. The number of benzene rings is 1. The van der Waals surface area contributed by atoms with Crippen molar-refractivity contribution in [2.75, 3.05) is 19.7 Å². The van der Waals surface area contributed by atoms with E-state index in [1.807, 2.05) is 0 Å². The lowest BCUT2D eigenvalue weighted by Crippen LogP contribution is -2.49. The fraction of sp³-hybridized carbons (Fsp3) is 0.588. The molecule has 2 aliphatic heterocycles. The van der Waals surface area contributed by atoms with E-state index in [9.17, 15) is 15.0 Å². The van der Waals surface area contributed by atoms with Crippen molar-refractivity contribution in [3.05, 3.63) is 23.8 Å². The van der Waals surface area contributed by atoms with Gasteiger partial charge >= 0.3 is 5.97 Å². The summed E-state index contributed by atoms with van der Waals surface area (Å²) in [5.41, 5.74) is 0.106. The molecule has 120 valence electrons. The topological polar surface area (TPSA) is 70.0 Å². The van der Waals surface area contributed by atoms with E-state index in [0.717, 1.165) is 32.0 Å². The highest BCUT2D eigenvalue weighted by molar-refractivity contribution is 5.92. The third-order valence-electron chi connectivity index (χ3n) is 4.86. The Hall–Kier alpha value is -1.75. The molecule has 3 rings (SSSR count). The Morgan fingerprint density at radius 2 is 2.00 bits per heavy atom. The molecule has 0 aliphatic carbocycles. The molecule has 1 aromatic carbocycles. The number of hydrogen-bond donors (Lipinski definition) is 2. The van der Waals surface area contributed by atoms with Crippen LogP contribution >= 0.6 is 0 Å². The molecule has 2 fully saturated rings. The average Bonchev–Trinajstić information content (AvgIpc) is 2.52. The van der Waals surface area contributed by atoms with Crippen LogP contribution in [0.5, 0.6) is 11.5 Å². The van der Waals surface area contributed by atoms with Crippen molar-refractivity contribution >= 4 is 5.97 Å². The van der Waals surface area contributed by atoms with Crippen LogP contribution in [0, 0.1) is 5.92 Å². The van der Waals surface area contributed by atoms with Crippen LogP contribution in [0.25, 0.3) is 0 Å². The van der Waals surface area contributed by atoms with E-state index < -0.39 is 5.97 Å². The number of ether oxygens (including phenoxy) is 1. The van der Waals surface area contributed by atoms with Crippen LogP contribution in [-0.4, -0.2) is 46.8 Å². The highest BCUT2D eigenvalue weighted by Gasteiger charge is 2.33. The summed E-state index contributed by atoms with van der Waals surface area (Å²) in [5, 5.41) is 19.0.